The second-order valence-electron chi connectivity index (χ2n) is 2.81. The summed E-state index contributed by atoms with van der Waals surface area (Å²) in [7, 11) is 0. The van der Waals surface area contributed by atoms with Gasteiger partial charge in [0.2, 0.25) is 0 Å². The van der Waals surface area contributed by atoms with Crippen molar-refractivity contribution in [1.29, 1.82) is 0 Å². The molecule has 0 radical (unpaired) electrons. The SMILES string of the molecule is C=Cc1ccc2sccc2c1C=C. The summed E-state index contributed by atoms with van der Waals surface area (Å²) in [6, 6.07) is 6.34. The van der Waals surface area contributed by atoms with Crippen molar-refractivity contribution < 1.29 is 0 Å². The van der Waals surface area contributed by atoms with Crippen molar-refractivity contribution in [2.75, 3.05) is 0 Å². The van der Waals surface area contributed by atoms with E-state index in [0.29, 0.717) is 0 Å². The highest BCUT2D eigenvalue weighted by Crippen LogP contribution is 2.28. The summed E-state index contributed by atoms with van der Waals surface area (Å²) in [6.45, 7) is 7.61. The Labute approximate surface area is 81.8 Å². The lowest BCUT2D eigenvalue weighted by Gasteiger charge is -2.01. The molecule has 0 nitrogen and oxygen atoms in total. The van der Waals surface area contributed by atoms with E-state index >= 15 is 0 Å². The molecular weight excluding hydrogens is 176 g/mol. The second-order valence-corrected chi connectivity index (χ2v) is 3.76. The van der Waals surface area contributed by atoms with Gasteiger partial charge in [-0.1, -0.05) is 31.4 Å². The number of rotatable bonds is 2. The summed E-state index contributed by atoms with van der Waals surface area (Å²) < 4.78 is 1.31. The monoisotopic (exact) mass is 186 g/mol. The molecule has 13 heavy (non-hydrogen) atoms. The molecule has 0 fully saturated rings. The normalized spacial score (nSPS) is 10.2. The Balaban J connectivity index is 2.89. The molecule has 2 rings (SSSR count). The quantitative estimate of drug-likeness (QED) is 0.659. The lowest BCUT2D eigenvalue weighted by molar-refractivity contribution is 1.72. The summed E-state index contributed by atoms with van der Waals surface area (Å²) in [5.74, 6) is 0. The van der Waals surface area contributed by atoms with Crippen LogP contribution in [0.15, 0.2) is 36.7 Å². The fourth-order valence-electron chi connectivity index (χ4n) is 1.49. The summed E-state index contributed by atoms with van der Waals surface area (Å²) in [5, 5.41) is 3.38. The Morgan fingerprint density at radius 3 is 2.62 bits per heavy atom. The Morgan fingerprint density at radius 1 is 1.08 bits per heavy atom. The van der Waals surface area contributed by atoms with E-state index in [1.54, 1.807) is 11.3 Å². The van der Waals surface area contributed by atoms with E-state index in [1.165, 1.54) is 15.6 Å². The van der Waals surface area contributed by atoms with E-state index in [-0.39, 0.29) is 0 Å². The van der Waals surface area contributed by atoms with E-state index in [0.717, 1.165) is 5.56 Å². The first-order valence-corrected chi connectivity index (χ1v) is 5.00. The average Bonchev–Trinajstić information content (AvgIpc) is 2.63. The summed E-state index contributed by atoms with van der Waals surface area (Å²) in [6.07, 6.45) is 3.76. The third-order valence-corrected chi connectivity index (χ3v) is 3.02. The summed E-state index contributed by atoms with van der Waals surface area (Å²) >= 11 is 1.75. The zero-order valence-corrected chi connectivity index (χ0v) is 8.10. The van der Waals surface area contributed by atoms with Crippen molar-refractivity contribution in [3.8, 4) is 0 Å². The van der Waals surface area contributed by atoms with E-state index in [4.69, 9.17) is 0 Å². The molecule has 1 heterocycles. The van der Waals surface area contributed by atoms with Gasteiger partial charge in [-0.3, -0.25) is 0 Å². The molecule has 0 saturated heterocycles. The Hall–Kier alpha value is -1.34. The molecule has 1 aromatic carbocycles. The average molecular weight is 186 g/mol. The molecule has 0 aliphatic carbocycles. The van der Waals surface area contributed by atoms with Crippen LogP contribution in [0.1, 0.15) is 11.1 Å². The van der Waals surface area contributed by atoms with Crippen molar-refractivity contribution >= 4 is 33.6 Å². The minimum Gasteiger partial charge on any atom is -0.144 e. The minimum atomic E-state index is 1.15. The van der Waals surface area contributed by atoms with E-state index < -0.39 is 0 Å². The number of benzene rings is 1. The highest BCUT2D eigenvalue weighted by Gasteiger charge is 2.02. The van der Waals surface area contributed by atoms with Crippen LogP contribution >= 0.6 is 11.3 Å². The van der Waals surface area contributed by atoms with Gasteiger partial charge < -0.3 is 0 Å². The van der Waals surface area contributed by atoms with Crippen LogP contribution < -0.4 is 0 Å². The van der Waals surface area contributed by atoms with Gasteiger partial charge in [0.05, 0.1) is 0 Å². The van der Waals surface area contributed by atoms with Crippen LogP contribution in [-0.2, 0) is 0 Å². The third kappa shape index (κ3) is 1.21. The number of hydrogen-bond donors (Lipinski definition) is 0. The van der Waals surface area contributed by atoms with E-state index in [1.807, 2.05) is 12.2 Å². The van der Waals surface area contributed by atoms with Gasteiger partial charge in [0.1, 0.15) is 0 Å². The van der Waals surface area contributed by atoms with Crippen LogP contribution in [0.5, 0.6) is 0 Å². The first-order valence-electron chi connectivity index (χ1n) is 4.12. The third-order valence-electron chi connectivity index (χ3n) is 2.13. The Bertz CT molecular complexity index is 463. The van der Waals surface area contributed by atoms with E-state index in [9.17, 15) is 0 Å². The molecule has 0 unspecified atom stereocenters. The van der Waals surface area contributed by atoms with Gasteiger partial charge in [-0.2, -0.15) is 0 Å². The fourth-order valence-corrected chi connectivity index (χ4v) is 2.29. The lowest BCUT2D eigenvalue weighted by atomic mass is 10.0. The smallest absolute Gasteiger partial charge is 0.0349 e. The molecule has 0 saturated carbocycles. The van der Waals surface area contributed by atoms with Gasteiger partial charge in [0, 0.05) is 10.1 Å². The Morgan fingerprint density at radius 2 is 1.92 bits per heavy atom. The predicted molar refractivity (Wildman–Crippen MR) is 62.0 cm³/mol. The Kier molecular flexibility index (Phi) is 2.03. The van der Waals surface area contributed by atoms with E-state index in [2.05, 4.69) is 36.7 Å². The highest BCUT2D eigenvalue weighted by atomic mass is 32.1. The molecular formula is C12H10S. The second kappa shape index (κ2) is 3.19. The van der Waals surface area contributed by atoms with Crippen LogP contribution in [0.25, 0.3) is 22.2 Å². The van der Waals surface area contributed by atoms with Gasteiger partial charge in [-0.05, 0) is 28.6 Å². The number of thiophene rings is 1. The van der Waals surface area contributed by atoms with Gasteiger partial charge in [-0.25, -0.2) is 0 Å². The first kappa shape index (κ1) is 8.27. The van der Waals surface area contributed by atoms with Crippen molar-refractivity contribution in [3.63, 3.8) is 0 Å². The van der Waals surface area contributed by atoms with Crippen molar-refractivity contribution in [1.82, 2.24) is 0 Å². The summed E-state index contributed by atoms with van der Waals surface area (Å²) in [4.78, 5) is 0. The molecule has 1 heteroatoms. The fraction of sp³-hybridized carbons (Fsp3) is 0. The molecule has 0 bridgehead atoms. The highest BCUT2D eigenvalue weighted by molar-refractivity contribution is 7.17. The van der Waals surface area contributed by atoms with Crippen molar-refractivity contribution in [2.45, 2.75) is 0 Å². The molecule has 2 aromatic rings. The topological polar surface area (TPSA) is 0 Å². The molecule has 0 N–H and O–H groups in total. The number of fused-ring (bicyclic) bond motifs is 1. The molecule has 0 amide bonds. The molecule has 1 aromatic heterocycles. The van der Waals surface area contributed by atoms with Crippen LogP contribution in [0.3, 0.4) is 0 Å². The number of hydrogen-bond acceptors (Lipinski definition) is 1. The van der Waals surface area contributed by atoms with Gasteiger partial charge in [-0.15, -0.1) is 11.3 Å². The van der Waals surface area contributed by atoms with Crippen LogP contribution in [0.2, 0.25) is 0 Å². The molecule has 0 aliphatic heterocycles. The van der Waals surface area contributed by atoms with Crippen LogP contribution in [-0.4, -0.2) is 0 Å². The minimum absolute atomic E-state index is 1.15. The van der Waals surface area contributed by atoms with Gasteiger partial charge >= 0.3 is 0 Å². The van der Waals surface area contributed by atoms with Gasteiger partial charge in [0.25, 0.3) is 0 Å². The first-order chi connectivity index (χ1) is 6.36. The lowest BCUT2D eigenvalue weighted by Crippen LogP contribution is -1.79. The maximum absolute atomic E-state index is 3.83. The van der Waals surface area contributed by atoms with Crippen molar-refractivity contribution in [2.24, 2.45) is 0 Å². The standard InChI is InChI=1S/C12H10S/c1-3-9-5-6-12-11(7-8-13-12)10(9)4-2/h3-8H,1-2H2. The van der Waals surface area contributed by atoms with Crippen molar-refractivity contribution in [3.05, 3.63) is 47.9 Å². The largest absolute Gasteiger partial charge is 0.144 e. The summed E-state index contributed by atoms with van der Waals surface area (Å²) in [5.41, 5.74) is 2.34. The van der Waals surface area contributed by atoms with Crippen LogP contribution in [0, 0.1) is 0 Å². The maximum atomic E-state index is 3.83. The van der Waals surface area contributed by atoms with Gasteiger partial charge in [0.15, 0.2) is 0 Å². The molecule has 0 spiro atoms. The van der Waals surface area contributed by atoms with Crippen LogP contribution in [0.4, 0.5) is 0 Å². The zero-order chi connectivity index (χ0) is 9.26. The predicted octanol–water partition coefficient (Wildman–Crippen LogP) is 4.19. The molecule has 64 valence electrons. The molecule has 0 aliphatic rings. The maximum Gasteiger partial charge on any atom is 0.0349 e. The molecule has 0 atom stereocenters. The zero-order valence-electron chi connectivity index (χ0n) is 7.29.